The van der Waals surface area contributed by atoms with Gasteiger partial charge in [0, 0.05) is 29.4 Å². The first-order valence-electron chi connectivity index (χ1n) is 8.80. The topological polar surface area (TPSA) is 87.0 Å². The van der Waals surface area contributed by atoms with Crippen LogP contribution in [0.15, 0.2) is 12.2 Å². The van der Waals surface area contributed by atoms with Gasteiger partial charge in [-0.15, -0.1) is 0 Å². The summed E-state index contributed by atoms with van der Waals surface area (Å²) >= 11 is 0. The molecule has 3 N–H and O–H groups in total. The van der Waals surface area contributed by atoms with E-state index in [0.717, 1.165) is 0 Å². The van der Waals surface area contributed by atoms with Gasteiger partial charge in [-0.05, 0) is 38.2 Å². The molecule has 1 heterocycles. The summed E-state index contributed by atoms with van der Waals surface area (Å²) in [6, 6.07) is 0. The lowest BCUT2D eigenvalue weighted by atomic mass is 9.53. The number of fused-ring (bicyclic) bond motifs is 4. The maximum Gasteiger partial charge on any atom is 0.168 e. The molecule has 1 fully saturated rings. The van der Waals surface area contributed by atoms with Crippen molar-refractivity contribution >= 4 is 5.78 Å². The number of hydrogen-bond donors (Lipinski definition) is 3. The molecule has 0 saturated heterocycles. The van der Waals surface area contributed by atoms with Gasteiger partial charge < -0.3 is 20.1 Å². The molecule has 134 valence electrons. The number of ether oxygens (including phenoxy) is 1. The van der Waals surface area contributed by atoms with Gasteiger partial charge in [0.05, 0.1) is 11.2 Å². The number of ketones is 1. The Morgan fingerprint density at radius 3 is 2.52 bits per heavy atom. The number of phenols is 2. The molecule has 3 aliphatic rings. The van der Waals surface area contributed by atoms with Gasteiger partial charge in [0.25, 0.3) is 0 Å². The van der Waals surface area contributed by atoms with E-state index in [1.54, 1.807) is 6.92 Å². The summed E-state index contributed by atoms with van der Waals surface area (Å²) < 4.78 is 5.72. The van der Waals surface area contributed by atoms with E-state index in [-0.39, 0.29) is 41.3 Å². The van der Waals surface area contributed by atoms with Crippen LogP contribution in [0.1, 0.15) is 61.5 Å². The second-order valence-corrected chi connectivity index (χ2v) is 8.28. The smallest absolute Gasteiger partial charge is 0.168 e. The van der Waals surface area contributed by atoms with Crippen molar-refractivity contribution in [1.82, 2.24) is 0 Å². The van der Waals surface area contributed by atoms with Crippen molar-refractivity contribution in [1.29, 1.82) is 0 Å². The molecular formula is C20H24O5. The third-order valence-electron chi connectivity index (χ3n) is 6.56. The second kappa shape index (κ2) is 4.79. The molecule has 2 aliphatic carbocycles. The molecule has 1 aliphatic heterocycles. The van der Waals surface area contributed by atoms with E-state index in [4.69, 9.17) is 4.74 Å². The number of phenolic OH excluding ortho intramolecular Hbond substituents is 2. The van der Waals surface area contributed by atoms with Gasteiger partial charge in [0.2, 0.25) is 0 Å². The zero-order chi connectivity index (χ0) is 18.3. The van der Waals surface area contributed by atoms with Crippen LogP contribution in [0.4, 0.5) is 0 Å². The van der Waals surface area contributed by atoms with Crippen LogP contribution in [0.2, 0.25) is 0 Å². The maximum absolute atomic E-state index is 12.9. The Morgan fingerprint density at radius 2 is 1.84 bits per heavy atom. The maximum atomic E-state index is 12.9. The lowest BCUT2D eigenvalue weighted by Gasteiger charge is -2.51. The van der Waals surface area contributed by atoms with Crippen LogP contribution in [0.25, 0.3) is 0 Å². The van der Waals surface area contributed by atoms with Gasteiger partial charge in [-0.3, -0.25) is 4.79 Å². The third-order valence-corrected chi connectivity index (χ3v) is 6.56. The zero-order valence-corrected chi connectivity index (χ0v) is 14.8. The molecule has 5 nitrogen and oxygen atoms in total. The summed E-state index contributed by atoms with van der Waals surface area (Å²) in [5.41, 5.74) is 0.211. The van der Waals surface area contributed by atoms with Crippen molar-refractivity contribution in [3.8, 4) is 17.2 Å². The third kappa shape index (κ3) is 1.96. The Labute approximate surface area is 146 Å². The highest BCUT2D eigenvalue weighted by Gasteiger charge is 2.54. The summed E-state index contributed by atoms with van der Waals surface area (Å²) in [7, 11) is 0. The van der Waals surface area contributed by atoms with E-state index in [2.05, 4.69) is 6.58 Å². The Balaban J connectivity index is 1.99. The van der Waals surface area contributed by atoms with Crippen LogP contribution in [-0.4, -0.2) is 32.8 Å². The number of aliphatic hydroxyl groups is 1. The molecule has 0 unspecified atom stereocenters. The second-order valence-electron chi connectivity index (χ2n) is 8.28. The fourth-order valence-corrected chi connectivity index (χ4v) is 4.96. The molecule has 0 spiro atoms. The molecule has 4 atom stereocenters. The average molecular weight is 344 g/mol. The molecule has 5 heteroatoms. The van der Waals surface area contributed by atoms with E-state index in [1.165, 1.54) is 0 Å². The van der Waals surface area contributed by atoms with Crippen molar-refractivity contribution < 1.29 is 24.9 Å². The minimum Gasteiger partial charge on any atom is -0.507 e. The van der Waals surface area contributed by atoms with E-state index in [9.17, 15) is 20.1 Å². The Morgan fingerprint density at radius 1 is 1.16 bits per heavy atom. The molecule has 4 rings (SSSR count). The molecular weight excluding hydrogens is 320 g/mol. The summed E-state index contributed by atoms with van der Waals surface area (Å²) in [5.74, 6) is -0.298. The lowest BCUT2D eigenvalue weighted by molar-refractivity contribution is 0.0256. The van der Waals surface area contributed by atoms with Crippen molar-refractivity contribution in [3.63, 3.8) is 0 Å². The van der Waals surface area contributed by atoms with E-state index < -0.39 is 11.0 Å². The summed E-state index contributed by atoms with van der Waals surface area (Å²) in [4.78, 5) is 12.9. The first-order valence-corrected chi connectivity index (χ1v) is 8.80. The number of Topliss-reactive ketones (excluding diaryl/α,β-unsaturated/α-hetero) is 1. The number of carbonyl (C=O) groups excluding carboxylic acids is 1. The first kappa shape index (κ1) is 16.5. The highest BCUT2D eigenvalue weighted by molar-refractivity contribution is 6.04. The Kier molecular flexibility index (Phi) is 3.15. The van der Waals surface area contributed by atoms with Crippen LogP contribution < -0.4 is 4.74 Å². The van der Waals surface area contributed by atoms with Gasteiger partial charge in [-0.1, -0.05) is 13.5 Å². The molecule has 1 aromatic carbocycles. The van der Waals surface area contributed by atoms with Gasteiger partial charge >= 0.3 is 0 Å². The molecule has 0 radical (unpaired) electrons. The highest BCUT2D eigenvalue weighted by atomic mass is 16.5. The molecule has 1 saturated carbocycles. The lowest BCUT2D eigenvalue weighted by Crippen LogP contribution is -2.50. The van der Waals surface area contributed by atoms with Gasteiger partial charge in [0.1, 0.15) is 11.9 Å². The fraction of sp³-hybridized carbons (Fsp3) is 0.550. The number of hydrogen-bond acceptors (Lipinski definition) is 5. The van der Waals surface area contributed by atoms with Crippen LogP contribution in [0.3, 0.4) is 0 Å². The minimum absolute atomic E-state index is 0.0398. The predicted octanol–water partition coefficient (Wildman–Crippen LogP) is 2.98. The van der Waals surface area contributed by atoms with Crippen molar-refractivity contribution in [3.05, 3.63) is 28.8 Å². The van der Waals surface area contributed by atoms with Gasteiger partial charge in [-0.25, -0.2) is 0 Å². The minimum atomic E-state index is -1.03. The van der Waals surface area contributed by atoms with Crippen molar-refractivity contribution in [2.45, 2.75) is 63.6 Å². The summed E-state index contributed by atoms with van der Waals surface area (Å²) in [6.45, 7) is 9.63. The molecule has 0 amide bonds. The number of benzene rings is 1. The van der Waals surface area contributed by atoms with E-state index in [0.29, 0.717) is 41.7 Å². The first-order chi connectivity index (χ1) is 11.6. The molecule has 0 aromatic heterocycles. The quantitative estimate of drug-likeness (QED) is 0.497. The number of aromatic hydroxyl groups is 2. The number of carbonyl (C=O) groups is 1. The van der Waals surface area contributed by atoms with Crippen molar-refractivity contribution in [2.75, 3.05) is 0 Å². The molecule has 25 heavy (non-hydrogen) atoms. The zero-order valence-electron chi connectivity index (χ0n) is 14.8. The monoisotopic (exact) mass is 344 g/mol. The van der Waals surface area contributed by atoms with Crippen LogP contribution in [0, 0.1) is 5.92 Å². The Hall–Kier alpha value is -2.01. The largest absolute Gasteiger partial charge is 0.507 e. The van der Waals surface area contributed by atoms with Crippen LogP contribution >= 0.6 is 0 Å². The SMILES string of the molecule is C=C1[C@@H]2CC(=O)c3c(O)c4c(c(O)c3[C@@]2(C)CC[C@@]1(C)O)O[C@@H](C)C4. The summed E-state index contributed by atoms with van der Waals surface area (Å²) in [6.07, 6.45) is 1.57. The van der Waals surface area contributed by atoms with Crippen LogP contribution in [-0.2, 0) is 11.8 Å². The highest BCUT2D eigenvalue weighted by Crippen LogP contribution is 2.60. The van der Waals surface area contributed by atoms with Crippen molar-refractivity contribution in [2.24, 2.45) is 5.92 Å². The summed E-state index contributed by atoms with van der Waals surface area (Å²) in [5, 5.41) is 32.3. The van der Waals surface area contributed by atoms with Crippen LogP contribution in [0.5, 0.6) is 17.2 Å². The predicted molar refractivity (Wildman–Crippen MR) is 92.4 cm³/mol. The van der Waals surface area contributed by atoms with E-state index in [1.807, 2.05) is 13.8 Å². The Bertz CT molecular complexity index is 822. The standard InChI is InChI=1S/C20H24O5/c1-9-7-11-16(22)14-13(21)8-12-10(2)20(4,24)6-5-19(12,3)15(14)17(23)18(11)25-9/h9,12,22-24H,2,5-8H2,1,3-4H3/t9-,12-,19-,20+/m0/s1. The molecule has 1 aromatic rings. The number of rotatable bonds is 0. The van der Waals surface area contributed by atoms with Gasteiger partial charge in [0.15, 0.2) is 17.3 Å². The fourth-order valence-electron chi connectivity index (χ4n) is 4.96. The normalized spacial score (nSPS) is 36.5. The average Bonchev–Trinajstić information content (AvgIpc) is 2.93. The molecule has 0 bridgehead atoms. The van der Waals surface area contributed by atoms with E-state index >= 15 is 0 Å². The van der Waals surface area contributed by atoms with Gasteiger partial charge in [-0.2, -0.15) is 0 Å².